The van der Waals surface area contributed by atoms with Gasteiger partial charge in [-0.05, 0) is 35.9 Å². The lowest BCUT2D eigenvalue weighted by atomic mass is 10.2. The van der Waals surface area contributed by atoms with Crippen LogP contribution in [0, 0.1) is 5.82 Å². The Labute approximate surface area is 131 Å². The highest BCUT2D eigenvalue weighted by atomic mass is 35.5. The molecule has 3 rings (SSSR count). The molecule has 110 valence electrons. The quantitative estimate of drug-likeness (QED) is 0.899. The molecule has 6 heteroatoms. The minimum absolute atomic E-state index is 0.0835. The molecule has 0 saturated carbocycles. The van der Waals surface area contributed by atoms with Crippen molar-refractivity contribution in [1.82, 2.24) is 0 Å². The summed E-state index contributed by atoms with van der Waals surface area (Å²) in [5.41, 5.74) is 1.66. The first kappa shape index (κ1) is 14.3. The molecule has 0 radical (unpaired) electrons. The van der Waals surface area contributed by atoms with Crippen molar-refractivity contribution in [2.45, 2.75) is 6.54 Å². The average Bonchev–Trinajstić information content (AvgIpc) is 2.49. The Bertz CT molecular complexity index is 679. The minimum atomic E-state index is -0.440. The summed E-state index contributed by atoms with van der Waals surface area (Å²) in [4.78, 5) is 0. The van der Waals surface area contributed by atoms with Crippen LogP contribution in [0.1, 0.15) is 5.56 Å². The van der Waals surface area contributed by atoms with Gasteiger partial charge in [0.25, 0.3) is 0 Å². The van der Waals surface area contributed by atoms with Crippen molar-refractivity contribution in [2.24, 2.45) is 0 Å². The minimum Gasteiger partial charge on any atom is -0.486 e. The van der Waals surface area contributed by atoms with E-state index in [0.29, 0.717) is 36.3 Å². The Morgan fingerprint density at radius 1 is 1.05 bits per heavy atom. The number of nitrogens with one attached hydrogen (secondary N) is 1. The van der Waals surface area contributed by atoms with Crippen molar-refractivity contribution in [2.75, 3.05) is 18.5 Å². The molecule has 2 aromatic rings. The van der Waals surface area contributed by atoms with Gasteiger partial charge in [-0.2, -0.15) is 0 Å². The van der Waals surface area contributed by atoms with E-state index in [1.807, 2.05) is 12.1 Å². The Morgan fingerprint density at radius 3 is 2.67 bits per heavy atom. The predicted octanol–water partition coefficient (Wildman–Crippen LogP) is 4.52. The van der Waals surface area contributed by atoms with E-state index in [4.69, 9.17) is 32.7 Å². The largest absolute Gasteiger partial charge is 0.486 e. The number of hydrogen-bond donors (Lipinski definition) is 1. The number of fused-ring (bicyclic) bond motifs is 1. The zero-order valence-electron chi connectivity index (χ0n) is 11.0. The third-order valence-electron chi connectivity index (χ3n) is 3.07. The summed E-state index contributed by atoms with van der Waals surface area (Å²) in [7, 11) is 0. The molecule has 0 saturated heterocycles. The molecule has 0 aromatic heterocycles. The van der Waals surface area contributed by atoms with Gasteiger partial charge in [-0.3, -0.25) is 0 Å². The molecule has 0 atom stereocenters. The first-order valence-electron chi connectivity index (χ1n) is 6.40. The summed E-state index contributed by atoms with van der Waals surface area (Å²) in [6.07, 6.45) is 0. The Hall–Kier alpha value is -1.65. The highest BCUT2D eigenvalue weighted by molar-refractivity contribution is 6.32. The van der Waals surface area contributed by atoms with Crippen LogP contribution in [-0.4, -0.2) is 13.2 Å². The molecule has 1 aliphatic rings. The van der Waals surface area contributed by atoms with Crippen molar-refractivity contribution in [1.29, 1.82) is 0 Å². The standard InChI is InChI=1S/C15H12Cl2FNO2/c16-11-7-10(1-2-13(11)18)19-8-9-5-12(17)15-14(6-9)20-3-4-21-15/h1-2,5-7,19H,3-4,8H2. The molecule has 0 unspecified atom stereocenters. The van der Waals surface area contributed by atoms with Crippen molar-refractivity contribution < 1.29 is 13.9 Å². The van der Waals surface area contributed by atoms with Crippen molar-refractivity contribution in [3.05, 3.63) is 51.8 Å². The number of rotatable bonds is 3. The second kappa shape index (κ2) is 6.00. The van der Waals surface area contributed by atoms with Gasteiger partial charge in [0.1, 0.15) is 19.0 Å². The zero-order valence-corrected chi connectivity index (χ0v) is 12.5. The first-order chi connectivity index (χ1) is 10.1. The van der Waals surface area contributed by atoms with Gasteiger partial charge in [0.2, 0.25) is 0 Å². The fraction of sp³-hybridized carbons (Fsp3) is 0.200. The molecule has 0 bridgehead atoms. The van der Waals surface area contributed by atoms with Gasteiger partial charge in [0, 0.05) is 12.2 Å². The predicted molar refractivity (Wildman–Crippen MR) is 81.2 cm³/mol. The second-order valence-corrected chi connectivity index (χ2v) is 5.40. The van der Waals surface area contributed by atoms with Crippen LogP contribution < -0.4 is 14.8 Å². The molecule has 1 N–H and O–H groups in total. The van der Waals surface area contributed by atoms with Crippen LogP contribution in [0.5, 0.6) is 11.5 Å². The van der Waals surface area contributed by atoms with Crippen LogP contribution in [-0.2, 0) is 6.54 Å². The zero-order chi connectivity index (χ0) is 14.8. The molecule has 21 heavy (non-hydrogen) atoms. The van der Waals surface area contributed by atoms with Gasteiger partial charge >= 0.3 is 0 Å². The van der Waals surface area contributed by atoms with E-state index in [2.05, 4.69) is 5.32 Å². The molecule has 0 aliphatic carbocycles. The summed E-state index contributed by atoms with van der Waals surface area (Å²) < 4.78 is 24.1. The van der Waals surface area contributed by atoms with Crippen LogP contribution in [0.3, 0.4) is 0 Å². The van der Waals surface area contributed by atoms with Crippen molar-refractivity contribution >= 4 is 28.9 Å². The summed E-state index contributed by atoms with van der Waals surface area (Å²) in [6, 6.07) is 8.17. The Morgan fingerprint density at radius 2 is 1.86 bits per heavy atom. The van der Waals surface area contributed by atoms with Gasteiger partial charge in [0.05, 0.1) is 10.0 Å². The highest BCUT2D eigenvalue weighted by Gasteiger charge is 2.16. The summed E-state index contributed by atoms with van der Waals surface area (Å²) >= 11 is 11.9. The fourth-order valence-corrected chi connectivity index (χ4v) is 2.54. The van der Waals surface area contributed by atoms with Gasteiger partial charge in [0.15, 0.2) is 11.5 Å². The smallest absolute Gasteiger partial charge is 0.179 e. The van der Waals surface area contributed by atoms with E-state index in [0.717, 1.165) is 11.3 Å². The normalized spacial score (nSPS) is 13.1. The van der Waals surface area contributed by atoms with E-state index < -0.39 is 5.82 Å². The maximum Gasteiger partial charge on any atom is 0.179 e. The molecular weight excluding hydrogens is 316 g/mol. The van der Waals surface area contributed by atoms with Crippen molar-refractivity contribution in [3.63, 3.8) is 0 Å². The molecule has 3 nitrogen and oxygen atoms in total. The monoisotopic (exact) mass is 327 g/mol. The number of hydrogen-bond acceptors (Lipinski definition) is 3. The van der Waals surface area contributed by atoms with E-state index in [9.17, 15) is 4.39 Å². The summed E-state index contributed by atoms with van der Waals surface area (Å²) in [5.74, 6) is 0.781. The summed E-state index contributed by atoms with van der Waals surface area (Å²) in [6.45, 7) is 1.52. The Balaban J connectivity index is 1.76. The lowest BCUT2D eigenvalue weighted by molar-refractivity contribution is 0.171. The molecular formula is C15H12Cl2FNO2. The first-order valence-corrected chi connectivity index (χ1v) is 7.16. The van der Waals surface area contributed by atoms with Crippen LogP contribution >= 0.6 is 23.2 Å². The van der Waals surface area contributed by atoms with E-state index >= 15 is 0 Å². The molecule has 0 amide bonds. The van der Waals surface area contributed by atoms with Gasteiger partial charge in [-0.15, -0.1) is 0 Å². The Kier molecular flexibility index (Phi) is 4.08. The second-order valence-electron chi connectivity index (χ2n) is 4.58. The number of ether oxygens (including phenoxy) is 2. The fourth-order valence-electron chi connectivity index (χ4n) is 2.08. The van der Waals surface area contributed by atoms with Crippen LogP contribution in [0.25, 0.3) is 0 Å². The number of benzene rings is 2. The number of anilines is 1. The number of halogens is 3. The summed E-state index contributed by atoms with van der Waals surface area (Å²) in [5, 5.41) is 3.76. The van der Waals surface area contributed by atoms with Gasteiger partial charge < -0.3 is 14.8 Å². The van der Waals surface area contributed by atoms with Crippen LogP contribution in [0.15, 0.2) is 30.3 Å². The molecule has 0 fully saturated rings. The lowest BCUT2D eigenvalue weighted by Crippen LogP contribution is -2.16. The van der Waals surface area contributed by atoms with Crippen LogP contribution in [0.2, 0.25) is 10.0 Å². The third-order valence-corrected chi connectivity index (χ3v) is 3.64. The molecule has 0 spiro atoms. The molecule has 1 aliphatic heterocycles. The average molecular weight is 328 g/mol. The van der Waals surface area contributed by atoms with Crippen LogP contribution in [0.4, 0.5) is 10.1 Å². The van der Waals surface area contributed by atoms with E-state index in [1.54, 1.807) is 6.07 Å². The van der Waals surface area contributed by atoms with E-state index in [1.165, 1.54) is 12.1 Å². The van der Waals surface area contributed by atoms with Gasteiger partial charge in [-0.1, -0.05) is 23.2 Å². The maximum atomic E-state index is 13.1. The van der Waals surface area contributed by atoms with Gasteiger partial charge in [-0.25, -0.2) is 4.39 Å². The third kappa shape index (κ3) is 3.17. The maximum absolute atomic E-state index is 13.1. The topological polar surface area (TPSA) is 30.5 Å². The lowest BCUT2D eigenvalue weighted by Gasteiger charge is -2.20. The van der Waals surface area contributed by atoms with Crippen molar-refractivity contribution in [3.8, 4) is 11.5 Å². The SMILES string of the molecule is Fc1ccc(NCc2cc(Cl)c3c(c2)OCCO3)cc1Cl. The van der Waals surface area contributed by atoms with E-state index in [-0.39, 0.29) is 5.02 Å². The highest BCUT2D eigenvalue weighted by Crippen LogP contribution is 2.38. The molecule has 1 heterocycles. The molecule has 2 aromatic carbocycles.